The van der Waals surface area contributed by atoms with Crippen LogP contribution >= 0.6 is 0 Å². The first-order valence-electron chi connectivity index (χ1n) is 16.0. The van der Waals surface area contributed by atoms with Crippen molar-refractivity contribution in [3.63, 3.8) is 0 Å². The average Bonchev–Trinajstić information content (AvgIpc) is 3.35. The van der Waals surface area contributed by atoms with E-state index in [9.17, 15) is 13.2 Å². The summed E-state index contributed by atoms with van der Waals surface area (Å²) < 4.78 is 30.3. The maximum atomic E-state index is 13.0. The molecule has 2 amide bonds. The second-order valence-corrected chi connectivity index (χ2v) is 15.2. The number of carbonyl (C=O) groups is 1. The van der Waals surface area contributed by atoms with Gasteiger partial charge in [-0.25, -0.2) is 27.9 Å². The number of carbonyl (C=O) groups excluding carboxylic acids is 1. The lowest BCUT2D eigenvalue weighted by molar-refractivity contribution is -0.00521. The third kappa shape index (κ3) is 5.29. The van der Waals surface area contributed by atoms with Crippen molar-refractivity contribution in [2.24, 2.45) is 17.8 Å². The summed E-state index contributed by atoms with van der Waals surface area (Å²) in [6.07, 6.45) is 9.14. The Morgan fingerprint density at radius 2 is 1.57 bits per heavy atom. The molecule has 4 aromatic rings. The summed E-state index contributed by atoms with van der Waals surface area (Å²) >= 11 is 0. The first-order valence-corrected chi connectivity index (χ1v) is 17.5. The number of amides is 2. The van der Waals surface area contributed by atoms with E-state index in [0.717, 1.165) is 63.7 Å². The number of nitrogens with one attached hydrogen (secondary N) is 2. The van der Waals surface area contributed by atoms with Gasteiger partial charge in [0.1, 0.15) is 11.3 Å². The van der Waals surface area contributed by atoms with Gasteiger partial charge < -0.3 is 5.32 Å². The molecule has 9 heteroatoms. The zero-order chi connectivity index (χ0) is 30.6. The zero-order valence-corrected chi connectivity index (χ0v) is 26.6. The molecule has 4 bridgehead atoms. The van der Waals surface area contributed by atoms with Crippen LogP contribution in [0.1, 0.15) is 73.7 Å². The Hall–Kier alpha value is -3.72. The van der Waals surface area contributed by atoms with E-state index in [1.807, 2.05) is 43.3 Å². The second-order valence-electron chi connectivity index (χ2n) is 13.5. The normalized spacial score (nSPS) is 24.1. The summed E-state index contributed by atoms with van der Waals surface area (Å²) in [7, 11) is -3.97. The molecule has 4 aliphatic rings. The van der Waals surface area contributed by atoms with Gasteiger partial charge in [-0.1, -0.05) is 31.2 Å². The first kappa shape index (κ1) is 29.0. The lowest BCUT2D eigenvalue weighted by atomic mass is 9.48. The molecule has 8 nitrogen and oxygen atoms in total. The number of sulfonamides is 1. The number of hydrogen-bond donors (Lipinski definition) is 2. The predicted octanol–water partition coefficient (Wildman–Crippen LogP) is 6.30. The predicted molar refractivity (Wildman–Crippen MR) is 171 cm³/mol. The average molecular weight is 612 g/mol. The largest absolute Gasteiger partial charge is 0.337 e. The number of rotatable bonds is 8. The van der Waals surface area contributed by atoms with Gasteiger partial charge in [0, 0.05) is 24.3 Å². The Morgan fingerprint density at radius 1 is 0.932 bits per heavy atom. The highest BCUT2D eigenvalue weighted by Crippen LogP contribution is 2.60. The Labute approximate surface area is 259 Å². The molecule has 0 atom stereocenters. The molecule has 2 heterocycles. The maximum absolute atomic E-state index is 13.0. The van der Waals surface area contributed by atoms with Crippen LogP contribution in [0.4, 0.5) is 4.79 Å². The van der Waals surface area contributed by atoms with Gasteiger partial charge in [0.25, 0.3) is 10.0 Å². The van der Waals surface area contributed by atoms with Crippen molar-refractivity contribution in [3.05, 3.63) is 82.8 Å². The molecule has 2 aromatic heterocycles. The van der Waals surface area contributed by atoms with Crippen LogP contribution in [0.25, 0.3) is 16.9 Å². The Kier molecular flexibility index (Phi) is 7.27. The van der Waals surface area contributed by atoms with Crippen LogP contribution < -0.4 is 10.0 Å². The quantitative estimate of drug-likeness (QED) is 0.243. The SMILES string of the molecule is CCc1nc2c(C)cc(C)nc2n1-c1ccc(CCNC(=O)NS(=O)(=O)c2ccc(C34CC5CC(CC(C5)C3)C4)cc2)cc1. The number of fused-ring (bicyclic) bond motifs is 1. The summed E-state index contributed by atoms with van der Waals surface area (Å²) in [5.74, 6) is 3.43. The molecule has 8 rings (SSSR count). The molecule has 4 saturated carbocycles. The van der Waals surface area contributed by atoms with E-state index in [-0.39, 0.29) is 10.3 Å². The van der Waals surface area contributed by atoms with E-state index < -0.39 is 16.1 Å². The molecule has 0 unspecified atom stereocenters. The molecular weight excluding hydrogens is 570 g/mol. The standard InChI is InChI=1S/C35H41N5O3S/c1-4-31-38-32-22(2)15-23(3)37-33(32)40(31)29-9-5-24(6-10-29)13-14-36-34(41)39-44(42,43)30-11-7-28(8-12-30)35-19-25-16-26(20-35)18-27(17-25)21-35/h5-12,15,25-27H,4,13-14,16-21H2,1-3H3,(H2,36,39,41). The van der Waals surface area contributed by atoms with Crippen molar-refractivity contribution in [2.75, 3.05) is 6.54 Å². The fourth-order valence-corrected chi connectivity index (χ4v) is 9.64. The van der Waals surface area contributed by atoms with Crippen molar-refractivity contribution in [1.82, 2.24) is 24.6 Å². The summed E-state index contributed by atoms with van der Waals surface area (Å²) in [6, 6.07) is 16.7. The van der Waals surface area contributed by atoms with Gasteiger partial charge in [-0.15, -0.1) is 0 Å². The monoisotopic (exact) mass is 611 g/mol. The van der Waals surface area contributed by atoms with Crippen molar-refractivity contribution in [1.29, 1.82) is 0 Å². The molecule has 2 aromatic carbocycles. The van der Waals surface area contributed by atoms with E-state index in [0.29, 0.717) is 13.0 Å². The molecule has 4 fully saturated rings. The van der Waals surface area contributed by atoms with Crippen molar-refractivity contribution >= 4 is 27.2 Å². The van der Waals surface area contributed by atoms with Crippen LogP contribution in [0.5, 0.6) is 0 Å². The smallest absolute Gasteiger partial charge is 0.328 e. The molecule has 0 aliphatic heterocycles. The number of imidazole rings is 1. The highest BCUT2D eigenvalue weighted by Gasteiger charge is 2.51. The zero-order valence-electron chi connectivity index (χ0n) is 25.8. The molecule has 4 aliphatic carbocycles. The van der Waals surface area contributed by atoms with Crippen molar-refractivity contribution in [3.8, 4) is 5.69 Å². The summed E-state index contributed by atoms with van der Waals surface area (Å²) in [4.78, 5) is 22.3. The third-order valence-corrected chi connectivity index (χ3v) is 11.6. The van der Waals surface area contributed by atoms with Crippen molar-refractivity contribution in [2.45, 2.75) is 82.4 Å². The van der Waals surface area contributed by atoms with Crippen LogP contribution in [0.3, 0.4) is 0 Å². The minimum Gasteiger partial charge on any atom is -0.337 e. The third-order valence-electron chi connectivity index (χ3n) is 10.3. The van der Waals surface area contributed by atoms with Crippen LogP contribution in [0.2, 0.25) is 0 Å². The van der Waals surface area contributed by atoms with E-state index >= 15 is 0 Å². The number of aryl methyl sites for hydroxylation is 3. The fraction of sp³-hybridized carbons (Fsp3) is 0.457. The first-order chi connectivity index (χ1) is 21.1. The van der Waals surface area contributed by atoms with Gasteiger partial charge in [0.15, 0.2) is 5.65 Å². The minimum absolute atomic E-state index is 0.120. The van der Waals surface area contributed by atoms with E-state index in [2.05, 4.69) is 34.5 Å². The lowest BCUT2D eigenvalue weighted by Gasteiger charge is -2.57. The number of nitrogens with zero attached hydrogens (tertiary/aromatic N) is 3. The van der Waals surface area contributed by atoms with Gasteiger partial charge in [-0.3, -0.25) is 4.57 Å². The molecule has 0 radical (unpaired) electrons. The highest BCUT2D eigenvalue weighted by molar-refractivity contribution is 7.90. The van der Waals surface area contributed by atoms with Gasteiger partial charge in [-0.2, -0.15) is 0 Å². The summed E-state index contributed by atoms with van der Waals surface area (Å²) in [6.45, 7) is 6.44. The molecule has 230 valence electrons. The van der Waals surface area contributed by atoms with Gasteiger partial charge >= 0.3 is 6.03 Å². The number of aromatic nitrogens is 3. The second kappa shape index (κ2) is 11.0. The van der Waals surface area contributed by atoms with Crippen LogP contribution in [-0.2, 0) is 28.3 Å². The molecular formula is C35H41N5O3S. The van der Waals surface area contributed by atoms with E-state index in [1.165, 1.54) is 44.1 Å². The van der Waals surface area contributed by atoms with Crippen LogP contribution in [0, 0.1) is 31.6 Å². The Balaban J connectivity index is 0.959. The Morgan fingerprint density at radius 3 is 2.18 bits per heavy atom. The highest BCUT2D eigenvalue weighted by atomic mass is 32.2. The fourth-order valence-electron chi connectivity index (χ4n) is 8.72. The lowest BCUT2D eigenvalue weighted by Crippen LogP contribution is -2.48. The van der Waals surface area contributed by atoms with Gasteiger partial charge in [0.05, 0.1) is 4.90 Å². The summed E-state index contributed by atoms with van der Waals surface area (Å²) in [5.41, 5.74) is 7.32. The molecule has 44 heavy (non-hydrogen) atoms. The maximum Gasteiger partial charge on any atom is 0.328 e. The number of hydrogen-bond acceptors (Lipinski definition) is 5. The summed E-state index contributed by atoms with van der Waals surface area (Å²) in [5, 5.41) is 2.70. The van der Waals surface area contributed by atoms with Gasteiger partial charge in [-0.05, 0) is 129 Å². The van der Waals surface area contributed by atoms with Gasteiger partial charge in [0.2, 0.25) is 0 Å². The van der Waals surface area contributed by atoms with E-state index in [4.69, 9.17) is 9.97 Å². The molecule has 0 saturated heterocycles. The van der Waals surface area contributed by atoms with Crippen LogP contribution in [-0.4, -0.2) is 35.5 Å². The molecule has 2 N–H and O–H groups in total. The molecule has 0 spiro atoms. The Bertz CT molecular complexity index is 1790. The minimum atomic E-state index is -3.97. The number of urea groups is 1. The topological polar surface area (TPSA) is 106 Å². The van der Waals surface area contributed by atoms with Crippen molar-refractivity contribution < 1.29 is 13.2 Å². The van der Waals surface area contributed by atoms with Crippen LogP contribution in [0.15, 0.2) is 59.5 Å². The number of benzene rings is 2. The van der Waals surface area contributed by atoms with E-state index in [1.54, 1.807) is 12.1 Å². The number of pyridine rings is 1.